The van der Waals surface area contributed by atoms with Gasteiger partial charge in [0.2, 0.25) is 0 Å². The van der Waals surface area contributed by atoms with Gasteiger partial charge in [-0.25, -0.2) is 0 Å². The van der Waals surface area contributed by atoms with Crippen molar-refractivity contribution in [3.63, 3.8) is 0 Å². The fraction of sp³-hybridized carbons (Fsp3) is 0.0526. The molecule has 0 heterocycles. The van der Waals surface area contributed by atoms with Crippen molar-refractivity contribution in [2.75, 3.05) is 0 Å². The highest BCUT2D eigenvalue weighted by Crippen LogP contribution is 2.17. The Hall–Kier alpha value is -1.50. The maximum absolute atomic E-state index is 2.36. The van der Waals surface area contributed by atoms with Gasteiger partial charge in [-0.2, -0.15) is 0 Å². The fourth-order valence-corrected chi connectivity index (χ4v) is 5.84. The molecule has 13 heteroatoms. The SMILES string of the molecule is Bc1c(B)c(B)c(-c2c(B)c(C)c(B)c(-c3c(B)c(B)c(B)c(B)c3B)c2B)c(B)c1B. The minimum Gasteiger partial charge on any atom is -0.102 e. The Morgan fingerprint density at radius 2 is 0.438 bits per heavy atom. The minimum atomic E-state index is 1.42. The molecule has 0 amide bonds. The van der Waals surface area contributed by atoms with Crippen LogP contribution in [0, 0.1) is 6.92 Å². The predicted octanol–water partition coefficient (Wildman–Crippen LogP) is -17.3. The molecular weight excluding hydrogens is 369 g/mol. The first-order chi connectivity index (χ1) is 14.7. The Labute approximate surface area is 207 Å². The molecule has 0 saturated carbocycles. The number of hydrogen-bond acceptors (Lipinski definition) is 0. The molecule has 0 fully saturated rings. The third kappa shape index (κ3) is 3.50. The van der Waals surface area contributed by atoms with Crippen molar-refractivity contribution in [2.45, 2.75) is 6.92 Å². The van der Waals surface area contributed by atoms with E-state index in [9.17, 15) is 0 Å². The van der Waals surface area contributed by atoms with E-state index in [4.69, 9.17) is 0 Å². The van der Waals surface area contributed by atoms with Gasteiger partial charge in [0.25, 0.3) is 0 Å². The van der Waals surface area contributed by atoms with Crippen LogP contribution in [0.2, 0.25) is 0 Å². The summed E-state index contributed by atoms with van der Waals surface area (Å²) in [5, 5.41) is 0. The summed E-state index contributed by atoms with van der Waals surface area (Å²) in [5.74, 6) is 0. The molecule has 0 spiro atoms. The van der Waals surface area contributed by atoms with Crippen LogP contribution in [0.3, 0.4) is 0 Å². The molecule has 0 N–H and O–H groups in total. The van der Waals surface area contributed by atoms with Gasteiger partial charge in [0, 0.05) is 0 Å². The van der Waals surface area contributed by atoms with Crippen LogP contribution in [-0.2, 0) is 0 Å². The third-order valence-electron chi connectivity index (χ3n) is 9.12. The highest BCUT2D eigenvalue weighted by molar-refractivity contribution is 6.71. The monoisotopic (exact) mass is 400 g/mol. The molecule has 0 aliphatic heterocycles. The van der Waals surface area contributed by atoms with Crippen LogP contribution in [0.4, 0.5) is 0 Å². The number of benzene rings is 3. The highest BCUT2D eigenvalue weighted by atomic mass is 14.2. The van der Waals surface area contributed by atoms with Gasteiger partial charge in [-0.1, -0.05) is 43.8 Å². The molecule has 3 rings (SSSR count). The second-order valence-corrected chi connectivity index (χ2v) is 10.2. The Balaban J connectivity index is 2.59. The van der Waals surface area contributed by atoms with Crippen molar-refractivity contribution in [2.24, 2.45) is 0 Å². The lowest BCUT2D eigenvalue weighted by Crippen LogP contribution is -2.57. The van der Waals surface area contributed by atoms with E-state index in [0.29, 0.717) is 0 Å². The first-order valence-corrected chi connectivity index (χ1v) is 12.0. The van der Waals surface area contributed by atoms with Gasteiger partial charge in [0.1, 0.15) is 102 Å². The second kappa shape index (κ2) is 8.70. The predicted molar refractivity (Wildman–Crippen MR) is 188 cm³/mol. The van der Waals surface area contributed by atoms with E-state index in [1.807, 2.05) is 0 Å². The number of rotatable bonds is 2. The van der Waals surface area contributed by atoms with E-state index in [0.717, 1.165) is 0 Å². The quantitative estimate of drug-likeness (QED) is 0.377. The van der Waals surface area contributed by atoms with Crippen molar-refractivity contribution < 1.29 is 0 Å². The van der Waals surface area contributed by atoms with E-state index < -0.39 is 0 Å². The Morgan fingerprint density at radius 3 is 0.688 bits per heavy atom. The van der Waals surface area contributed by atoms with E-state index in [2.05, 4.69) is 109 Å². The number of hydrogen-bond donors (Lipinski definition) is 0. The Kier molecular flexibility index (Phi) is 6.83. The summed E-state index contributed by atoms with van der Waals surface area (Å²) < 4.78 is 0. The largest absolute Gasteiger partial charge is 0.140 e. The average molecular weight is 398 g/mol. The molecular formula is C19H29B13. The van der Waals surface area contributed by atoms with Gasteiger partial charge in [0.15, 0.2) is 0 Å². The molecule has 0 aliphatic rings. The van der Waals surface area contributed by atoms with Crippen LogP contribution in [0.15, 0.2) is 0 Å². The maximum atomic E-state index is 2.36. The van der Waals surface area contributed by atoms with Crippen molar-refractivity contribution in [3.05, 3.63) is 5.56 Å². The lowest BCUT2D eigenvalue weighted by Gasteiger charge is -2.30. The highest BCUT2D eigenvalue weighted by Gasteiger charge is 2.23. The molecule has 0 saturated heterocycles. The van der Waals surface area contributed by atoms with E-state index >= 15 is 0 Å². The van der Waals surface area contributed by atoms with E-state index in [1.54, 1.807) is 0 Å². The van der Waals surface area contributed by atoms with Crippen LogP contribution in [-0.4, -0.2) is 102 Å². The minimum absolute atomic E-state index is 1.42. The fourth-order valence-electron chi connectivity index (χ4n) is 5.84. The van der Waals surface area contributed by atoms with Gasteiger partial charge in [-0.05, 0) is 29.2 Å². The topological polar surface area (TPSA) is 0 Å². The van der Waals surface area contributed by atoms with E-state index in [-0.39, 0.29) is 0 Å². The summed E-state index contributed by atoms with van der Waals surface area (Å²) in [6, 6.07) is 0. The van der Waals surface area contributed by atoms with Crippen LogP contribution in [0.1, 0.15) is 5.56 Å². The zero-order chi connectivity index (χ0) is 24.4. The summed E-state index contributed by atoms with van der Waals surface area (Å²) >= 11 is 0. The summed E-state index contributed by atoms with van der Waals surface area (Å²) in [7, 11) is 29.9. The van der Waals surface area contributed by atoms with Crippen LogP contribution < -0.4 is 71.0 Å². The Morgan fingerprint density at radius 1 is 0.250 bits per heavy atom. The molecule has 0 nitrogen and oxygen atoms in total. The van der Waals surface area contributed by atoms with Crippen molar-refractivity contribution >= 4 is 173 Å². The zero-order valence-corrected chi connectivity index (χ0v) is 23.0. The van der Waals surface area contributed by atoms with Gasteiger partial charge in [-0.3, -0.25) is 0 Å². The standard InChI is InChI=1S/C19H29B13/c1-2-7(20)3(5-10(23)14(27)18(31)15(28)11(5)24)9(22)4(8(2)21)6-12(25)16(29)19(32)17(30)13(6)26/h20-32H2,1H3. The molecule has 0 unspecified atom stereocenters. The van der Waals surface area contributed by atoms with Crippen molar-refractivity contribution in [1.82, 2.24) is 0 Å². The lowest BCUT2D eigenvalue weighted by atomic mass is 9.55. The van der Waals surface area contributed by atoms with Gasteiger partial charge >= 0.3 is 0 Å². The molecule has 0 aromatic heterocycles. The van der Waals surface area contributed by atoms with Crippen LogP contribution in [0.5, 0.6) is 0 Å². The lowest BCUT2D eigenvalue weighted by molar-refractivity contribution is 1.57. The smallest absolute Gasteiger partial charge is 0.102 e. The van der Waals surface area contributed by atoms with Gasteiger partial charge in [-0.15, -0.1) is 32.8 Å². The Bertz CT molecular complexity index is 1160. The van der Waals surface area contributed by atoms with Gasteiger partial charge < -0.3 is 0 Å². The average Bonchev–Trinajstić information content (AvgIpc) is 2.76. The molecule has 0 radical (unpaired) electrons. The normalized spacial score (nSPS) is 11.0. The summed E-state index contributed by atoms with van der Waals surface area (Å²) in [6.07, 6.45) is 0. The first-order valence-electron chi connectivity index (χ1n) is 12.0. The molecule has 0 atom stereocenters. The zero-order valence-electron chi connectivity index (χ0n) is 23.0. The molecule has 144 valence electrons. The second-order valence-electron chi connectivity index (χ2n) is 10.2. The molecule has 3 aromatic rings. The maximum Gasteiger partial charge on any atom is 0.140 e. The van der Waals surface area contributed by atoms with Crippen molar-refractivity contribution in [3.8, 4) is 22.3 Å². The molecule has 0 bridgehead atoms. The van der Waals surface area contributed by atoms with Crippen LogP contribution in [0.25, 0.3) is 22.3 Å². The summed E-state index contributed by atoms with van der Waals surface area (Å²) in [4.78, 5) is 0. The molecule has 3 aromatic carbocycles. The molecule has 32 heavy (non-hydrogen) atoms. The van der Waals surface area contributed by atoms with E-state index in [1.165, 1.54) is 98.8 Å². The molecule has 0 aliphatic carbocycles. The van der Waals surface area contributed by atoms with Gasteiger partial charge in [0.05, 0.1) is 0 Å². The summed E-state index contributed by atoms with van der Waals surface area (Å²) in [6.45, 7) is 2.31. The summed E-state index contributed by atoms with van der Waals surface area (Å²) in [5.41, 5.74) is 25.7. The first kappa shape index (κ1) is 25.1. The van der Waals surface area contributed by atoms with Crippen LogP contribution >= 0.6 is 0 Å². The third-order valence-corrected chi connectivity index (χ3v) is 9.12. The van der Waals surface area contributed by atoms with Crippen molar-refractivity contribution in [1.29, 1.82) is 0 Å².